The zero-order chi connectivity index (χ0) is 32.1. The highest BCUT2D eigenvalue weighted by Crippen LogP contribution is 2.47. The largest absolute Gasteiger partial charge is 0.345 e. The van der Waals surface area contributed by atoms with Gasteiger partial charge in [0.2, 0.25) is 6.29 Å². The fourth-order valence-electron chi connectivity index (χ4n) is 8.12. The van der Waals surface area contributed by atoms with E-state index in [1.807, 2.05) is 11.3 Å². The van der Waals surface area contributed by atoms with Gasteiger partial charge < -0.3 is 14.5 Å². The maximum Gasteiger partial charge on any atom is 0.201 e. The van der Waals surface area contributed by atoms with E-state index in [0.717, 1.165) is 33.0 Å². The summed E-state index contributed by atoms with van der Waals surface area (Å²) in [5, 5.41) is 13.6. The quantitative estimate of drug-likeness (QED) is 0.204. The molecule has 0 aliphatic carbocycles. The van der Waals surface area contributed by atoms with Gasteiger partial charge in [-0.05, 0) is 48.0 Å². The van der Waals surface area contributed by atoms with Crippen LogP contribution in [-0.2, 0) is 0 Å². The normalized spacial score (nSPS) is 14.6. The number of thiophene rings is 1. The fraction of sp³-hybridized carbons (Fsp3) is 0.0227. The van der Waals surface area contributed by atoms with Crippen molar-refractivity contribution in [1.82, 2.24) is 14.5 Å². The fourth-order valence-corrected chi connectivity index (χ4v) is 9.23. The van der Waals surface area contributed by atoms with Crippen LogP contribution in [0.15, 0.2) is 163 Å². The molecule has 0 fully saturated rings. The molecule has 0 amide bonds. The van der Waals surface area contributed by atoms with E-state index >= 15 is 0 Å². The molecule has 1 aliphatic rings. The van der Waals surface area contributed by atoms with E-state index in [0.29, 0.717) is 0 Å². The van der Waals surface area contributed by atoms with Crippen molar-refractivity contribution in [3.63, 3.8) is 0 Å². The summed E-state index contributed by atoms with van der Waals surface area (Å²) in [7, 11) is 0. The Morgan fingerprint density at radius 3 is 1.88 bits per heavy atom. The van der Waals surface area contributed by atoms with Crippen LogP contribution in [0.4, 0.5) is 0 Å². The molecule has 0 saturated carbocycles. The summed E-state index contributed by atoms with van der Waals surface area (Å²) in [6.45, 7) is 0. The first-order chi connectivity index (χ1) is 24.3. The van der Waals surface area contributed by atoms with Crippen LogP contribution >= 0.6 is 11.3 Å². The van der Waals surface area contributed by atoms with Gasteiger partial charge in [-0.25, -0.2) is 4.99 Å². The third-order valence-corrected chi connectivity index (χ3v) is 11.3. The number of fused-ring (bicyclic) bond motifs is 12. The lowest BCUT2D eigenvalue weighted by Gasteiger charge is -2.25. The van der Waals surface area contributed by atoms with Crippen LogP contribution in [0.5, 0.6) is 0 Å². The maximum atomic E-state index is 5.43. The van der Waals surface area contributed by atoms with E-state index in [1.54, 1.807) is 0 Å². The second-order valence-corrected chi connectivity index (χ2v) is 13.8. The van der Waals surface area contributed by atoms with Gasteiger partial charge in [0.15, 0.2) is 0 Å². The minimum Gasteiger partial charge on any atom is -0.345 e. The van der Waals surface area contributed by atoms with Gasteiger partial charge in [-0.15, -0.1) is 11.3 Å². The smallest absolute Gasteiger partial charge is 0.201 e. The monoisotopic (exact) mass is 644 g/mol. The zero-order valence-corrected chi connectivity index (χ0v) is 27.2. The molecule has 4 nitrogen and oxygen atoms in total. The zero-order valence-electron chi connectivity index (χ0n) is 26.3. The van der Waals surface area contributed by atoms with E-state index < -0.39 is 0 Å². The number of nitrogens with one attached hydrogen (secondary N) is 1. The lowest BCUT2D eigenvalue weighted by atomic mass is 10.0. The number of aromatic nitrogens is 2. The van der Waals surface area contributed by atoms with Gasteiger partial charge in [0.25, 0.3) is 0 Å². The molecule has 1 atom stereocenters. The number of rotatable bonds is 3. The molecule has 230 valence electrons. The van der Waals surface area contributed by atoms with Gasteiger partial charge in [0.05, 0.1) is 33.1 Å². The summed E-state index contributed by atoms with van der Waals surface area (Å²) in [4.78, 5) is 5.43. The molecule has 0 radical (unpaired) electrons. The SMILES string of the molecule is c1ccc(C2=c3ccccc3=NC(n3c4ccccc4c4ccc5sc6ccc7c8ccccc8n(-c8ccccc8)c7c6c5c43)N2)cc1. The highest BCUT2D eigenvalue weighted by molar-refractivity contribution is 7.26. The number of benzene rings is 7. The summed E-state index contributed by atoms with van der Waals surface area (Å²) in [6.07, 6.45) is -0.354. The minimum absolute atomic E-state index is 0.354. The van der Waals surface area contributed by atoms with Crippen LogP contribution in [-0.4, -0.2) is 9.13 Å². The second-order valence-electron chi connectivity index (χ2n) is 12.8. The van der Waals surface area contributed by atoms with Gasteiger partial charge in [0.1, 0.15) is 0 Å². The summed E-state index contributed by atoms with van der Waals surface area (Å²) >= 11 is 1.87. The lowest BCUT2D eigenvalue weighted by molar-refractivity contribution is 0.490. The molecule has 11 rings (SSSR count). The van der Waals surface area contributed by atoms with Crippen molar-refractivity contribution >= 4 is 80.8 Å². The average Bonchev–Trinajstić information content (AvgIpc) is 3.82. The number of para-hydroxylation sites is 4. The second kappa shape index (κ2) is 10.2. The van der Waals surface area contributed by atoms with Crippen molar-refractivity contribution in [1.29, 1.82) is 0 Å². The summed E-state index contributed by atoms with van der Waals surface area (Å²) in [5.74, 6) is 0. The Kier molecular flexibility index (Phi) is 5.57. The molecular formula is C44H28N4S. The van der Waals surface area contributed by atoms with Crippen molar-refractivity contribution < 1.29 is 0 Å². The summed E-state index contributed by atoms with van der Waals surface area (Å²) < 4.78 is 7.47. The van der Waals surface area contributed by atoms with Crippen LogP contribution < -0.4 is 15.9 Å². The molecule has 49 heavy (non-hydrogen) atoms. The van der Waals surface area contributed by atoms with E-state index in [-0.39, 0.29) is 6.29 Å². The van der Waals surface area contributed by atoms with E-state index in [9.17, 15) is 0 Å². The Labute approximate surface area is 285 Å². The Hall–Kier alpha value is -6.17. The Bertz CT molecular complexity index is 3080. The van der Waals surface area contributed by atoms with Crippen LogP contribution in [0, 0.1) is 0 Å². The van der Waals surface area contributed by atoms with Crippen LogP contribution in [0.25, 0.3) is 75.2 Å². The Morgan fingerprint density at radius 1 is 0.510 bits per heavy atom. The number of nitrogens with zero attached hydrogens (tertiary/aromatic N) is 3. The van der Waals surface area contributed by atoms with Crippen LogP contribution in [0.2, 0.25) is 0 Å². The van der Waals surface area contributed by atoms with Gasteiger partial charge in [-0.1, -0.05) is 115 Å². The minimum atomic E-state index is -0.354. The van der Waals surface area contributed by atoms with Crippen LogP contribution in [0.3, 0.4) is 0 Å². The molecule has 4 heterocycles. The number of hydrogen-bond acceptors (Lipinski definition) is 3. The molecule has 3 aromatic heterocycles. The maximum absolute atomic E-state index is 5.43. The first kappa shape index (κ1) is 26.9. The standard InChI is InChI=1S/C44H28N4S/c1-3-13-27(14-4-1)41-33-19-7-10-20-34(33)45-44(46-41)48-36-22-12-9-18-30(36)32-24-26-38-40(43(32)48)39-37(49-38)25-23-31-29-17-8-11-21-35(29)47(42(31)39)28-15-5-2-6-16-28/h1-26,44,46H. The molecule has 5 heteroatoms. The third kappa shape index (κ3) is 3.76. The topological polar surface area (TPSA) is 34.2 Å². The molecule has 0 bridgehead atoms. The van der Waals surface area contributed by atoms with Gasteiger partial charge >= 0.3 is 0 Å². The molecule has 10 aromatic rings. The predicted molar refractivity (Wildman–Crippen MR) is 205 cm³/mol. The lowest BCUT2D eigenvalue weighted by Crippen LogP contribution is -2.41. The average molecular weight is 645 g/mol. The van der Waals surface area contributed by atoms with Crippen molar-refractivity contribution in [2.24, 2.45) is 4.99 Å². The van der Waals surface area contributed by atoms with Crippen molar-refractivity contribution in [3.05, 3.63) is 174 Å². The Morgan fingerprint density at radius 2 is 1.10 bits per heavy atom. The predicted octanol–water partition coefficient (Wildman–Crippen LogP) is 9.80. The first-order valence-electron chi connectivity index (χ1n) is 16.7. The molecule has 0 saturated heterocycles. The molecule has 1 N–H and O–H groups in total. The third-order valence-electron chi connectivity index (χ3n) is 10.1. The highest BCUT2D eigenvalue weighted by atomic mass is 32.1. The van der Waals surface area contributed by atoms with Crippen molar-refractivity contribution in [3.8, 4) is 5.69 Å². The summed E-state index contributed by atoms with van der Waals surface area (Å²) in [6, 6.07) is 56.8. The molecule has 1 unspecified atom stereocenters. The van der Waals surface area contributed by atoms with E-state index in [2.05, 4.69) is 172 Å². The van der Waals surface area contributed by atoms with Crippen molar-refractivity contribution in [2.75, 3.05) is 0 Å². The summed E-state index contributed by atoms with van der Waals surface area (Å²) in [5.41, 5.74) is 8.23. The molecule has 7 aromatic carbocycles. The molecule has 1 aliphatic heterocycles. The van der Waals surface area contributed by atoms with Gasteiger partial charge in [-0.2, -0.15) is 0 Å². The van der Waals surface area contributed by atoms with E-state index in [4.69, 9.17) is 4.99 Å². The molecule has 0 spiro atoms. The van der Waals surface area contributed by atoms with Crippen molar-refractivity contribution in [2.45, 2.75) is 6.29 Å². The van der Waals surface area contributed by atoms with E-state index in [1.165, 1.54) is 58.3 Å². The van der Waals surface area contributed by atoms with Gasteiger partial charge in [-0.3, -0.25) is 0 Å². The Balaban J connectivity index is 1.32. The molecular weight excluding hydrogens is 617 g/mol. The highest BCUT2D eigenvalue weighted by Gasteiger charge is 2.26. The van der Waals surface area contributed by atoms with Crippen LogP contribution in [0.1, 0.15) is 11.9 Å². The number of hydrogen-bond donors (Lipinski definition) is 1. The van der Waals surface area contributed by atoms with Gasteiger partial charge in [0, 0.05) is 52.6 Å². The first-order valence-corrected chi connectivity index (χ1v) is 17.5.